The second-order valence-corrected chi connectivity index (χ2v) is 5.31. The summed E-state index contributed by atoms with van der Waals surface area (Å²) in [4.78, 5) is 23.5. The quantitative estimate of drug-likeness (QED) is 0.743. The van der Waals surface area contributed by atoms with Gasteiger partial charge in [0.15, 0.2) is 0 Å². The number of halogens is 2. The van der Waals surface area contributed by atoms with Crippen LogP contribution in [0.3, 0.4) is 0 Å². The van der Waals surface area contributed by atoms with E-state index in [1.807, 2.05) is 0 Å². The number of carbonyl (C=O) groups excluding carboxylic acids is 2. The van der Waals surface area contributed by atoms with E-state index in [0.717, 1.165) is 0 Å². The number of ether oxygens (including phenoxy) is 1. The van der Waals surface area contributed by atoms with Gasteiger partial charge in [-0.25, -0.2) is 0 Å². The minimum Gasteiger partial charge on any atom is -0.493 e. The van der Waals surface area contributed by atoms with Crippen molar-refractivity contribution in [3.05, 3.63) is 27.7 Å². The van der Waals surface area contributed by atoms with Crippen LogP contribution in [0.4, 0.5) is 0 Å². The first-order chi connectivity index (χ1) is 8.53. The fourth-order valence-electron chi connectivity index (χ4n) is 2.56. The van der Waals surface area contributed by atoms with Crippen molar-refractivity contribution in [3.63, 3.8) is 0 Å². The highest BCUT2D eigenvalue weighted by molar-refractivity contribution is 6.42. The Bertz CT molecular complexity index is 573. The van der Waals surface area contributed by atoms with E-state index in [9.17, 15) is 9.59 Å². The second-order valence-electron chi connectivity index (χ2n) is 4.50. The summed E-state index contributed by atoms with van der Waals surface area (Å²) in [6.07, 6.45) is 0.607. The van der Waals surface area contributed by atoms with Crippen molar-refractivity contribution in [1.82, 2.24) is 5.32 Å². The summed E-state index contributed by atoms with van der Waals surface area (Å²) in [5.74, 6) is -0.0186. The third kappa shape index (κ3) is 1.52. The van der Waals surface area contributed by atoms with Gasteiger partial charge in [0.2, 0.25) is 11.8 Å². The first kappa shape index (κ1) is 11.8. The highest BCUT2D eigenvalue weighted by atomic mass is 35.5. The Hall–Kier alpha value is -1.26. The third-order valence-corrected chi connectivity index (χ3v) is 4.20. The van der Waals surface area contributed by atoms with Crippen LogP contribution in [0.15, 0.2) is 12.1 Å². The second kappa shape index (κ2) is 3.87. The maximum Gasteiger partial charge on any atom is 0.238 e. The van der Waals surface area contributed by atoms with E-state index in [1.54, 1.807) is 12.1 Å². The van der Waals surface area contributed by atoms with E-state index in [2.05, 4.69) is 5.32 Å². The average molecular weight is 286 g/mol. The molecule has 6 heteroatoms. The minimum atomic E-state index is -0.848. The Labute approximate surface area is 113 Å². The van der Waals surface area contributed by atoms with Gasteiger partial charge in [0.25, 0.3) is 0 Å². The molecule has 1 spiro atoms. The van der Waals surface area contributed by atoms with Crippen LogP contribution in [0.2, 0.25) is 10.0 Å². The van der Waals surface area contributed by atoms with Crippen LogP contribution in [-0.2, 0) is 15.0 Å². The lowest BCUT2D eigenvalue weighted by molar-refractivity contribution is -0.127. The van der Waals surface area contributed by atoms with Gasteiger partial charge in [-0.15, -0.1) is 0 Å². The maximum absolute atomic E-state index is 12.1. The zero-order chi connectivity index (χ0) is 12.9. The van der Waals surface area contributed by atoms with Gasteiger partial charge in [-0.3, -0.25) is 14.9 Å². The van der Waals surface area contributed by atoms with Gasteiger partial charge < -0.3 is 4.74 Å². The number of hydrogen-bond acceptors (Lipinski definition) is 3. The number of fused-ring (bicyclic) bond motifs is 2. The van der Waals surface area contributed by atoms with Gasteiger partial charge in [-0.2, -0.15) is 0 Å². The molecular weight excluding hydrogens is 277 g/mol. The Kier molecular flexibility index (Phi) is 2.54. The lowest BCUT2D eigenvalue weighted by Gasteiger charge is -2.32. The molecule has 1 aromatic carbocycles. The van der Waals surface area contributed by atoms with Crippen molar-refractivity contribution in [2.75, 3.05) is 6.61 Å². The molecule has 1 fully saturated rings. The Morgan fingerprint density at radius 2 is 1.94 bits per heavy atom. The molecule has 1 saturated heterocycles. The average Bonchev–Trinajstić information content (AvgIpc) is 2.58. The Balaban J connectivity index is 2.20. The lowest BCUT2D eigenvalue weighted by atomic mass is 9.74. The summed E-state index contributed by atoms with van der Waals surface area (Å²) in [5, 5.41) is 3.07. The molecule has 1 unspecified atom stereocenters. The summed E-state index contributed by atoms with van der Waals surface area (Å²) in [6, 6.07) is 3.22. The van der Waals surface area contributed by atoms with Crippen LogP contribution in [0, 0.1) is 0 Å². The molecule has 1 atom stereocenters. The zero-order valence-electron chi connectivity index (χ0n) is 9.26. The van der Waals surface area contributed by atoms with E-state index >= 15 is 0 Å². The Morgan fingerprint density at radius 1 is 1.22 bits per heavy atom. The van der Waals surface area contributed by atoms with E-state index in [0.29, 0.717) is 34.4 Å². The minimum absolute atomic E-state index is 0.139. The van der Waals surface area contributed by atoms with Gasteiger partial charge >= 0.3 is 0 Å². The fourth-order valence-corrected chi connectivity index (χ4v) is 2.87. The standard InChI is InChI=1S/C12H9Cl2NO3/c13-7-3-6-9(4-8(7)14)18-2-1-12(6)5-10(16)15-11(12)17/h3-4H,1-2,5H2,(H,15,16,17). The number of benzene rings is 1. The van der Waals surface area contributed by atoms with E-state index < -0.39 is 5.41 Å². The summed E-state index contributed by atoms with van der Waals surface area (Å²) in [5.41, 5.74) is -0.203. The molecule has 0 aromatic heterocycles. The molecule has 0 saturated carbocycles. The monoisotopic (exact) mass is 285 g/mol. The molecule has 4 nitrogen and oxygen atoms in total. The van der Waals surface area contributed by atoms with Crippen molar-refractivity contribution in [3.8, 4) is 5.75 Å². The topological polar surface area (TPSA) is 55.4 Å². The Morgan fingerprint density at radius 3 is 2.61 bits per heavy atom. The number of carbonyl (C=O) groups is 2. The van der Waals surface area contributed by atoms with Gasteiger partial charge in [-0.1, -0.05) is 23.2 Å². The number of hydrogen-bond donors (Lipinski definition) is 1. The first-order valence-electron chi connectivity index (χ1n) is 5.49. The normalized spacial score (nSPS) is 25.9. The van der Waals surface area contributed by atoms with Crippen LogP contribution in [0.5, 0.6) is 5.75 Å². The van der Waals surface area contributed by atoms with Crippen LogP contribution < -0.4 is 10.1 Å². The molecular formula is C12H9Cl2NO3. The SMILES string of the molecule is O=C1CC2(CCOc3cc(Cl)c(Cl)cc32)C(=O)N1. The number of nitrogens with one attached hydrogen (secondary N) is 1. The van der Waals surface area contributed by atoms with Gasteiger partial charge in [0.05, 0.1) is 22.1 Å². The van der Waals surface area contributed by atoms with E-state index in [4.69, 9.17) is 27.9 Å². The number of imide groups is 1. The van der Waals surface area contributed by atoms with Gasteiger partial charge in [-0.05, 0) is 6.07 Å². The van der Waals surface area contributed by atoms with Gasteiger partial charge in [0.1, 0.15) is 5.75 Å². The largest absolute Gasteiger partial charge is 0.493 e. The first-order valence-corrected chi connectivity index (χ1v) is 6.25. The summed E-state index contributed by atoms with van der Waals surface area (Å²) in [6.45, 7) is 0.381. The molecule has 3 rings (SSSR count). The molecule has 1 aromatic rings. The highest BCUT2D eigenvalue weighted by Crippen LogP contribution is 2.46. The summed E-state index contributed by atoms with van der Waals surface area (Å²) in [7, 11) is 0. The molecule has 2 amide bonds. The van der Waals surface area contributed by atoms with Crippen molar-refractivity contribution in [2.24, 2.45) is 0 Å². The molecule has 2 heterocycles. The van der Waals surface area contributed by atoms with Crippen molar-refractivity contribution in [2.45, 2.75) is 18.3 Å². The summed E-state index contributed by atoms with van der Waals surface area (Å²) < 4.78 is 5.50. The lowest BCUT2D eigenvalue weighted by Crippen LogP contribution is -2.39. The van der Waals surface area contributed by atoms with E-state index in [1.165, 1.54) is 0 Å². The molecule has 2 aliphatic heterocycles. The summed E-state index contributed by atoms with van der Waals surface area (Å²) >= 11 is 11.9. The van der Waals surface area contributed by atoms with E-state index in [-0.39, 0.29) is 18.2 Å². The maximum atomic E-state index is 12.1. The van der Waals surface area contributed by atoms with Crippen molar-refractivity contribution in [1.29, 1.82) is 0 Å². The van der Waals surface area contributed by atoms with Crippen LogP contribution in [0.1, 0.15) is 18.4 Å². The van der Waals surface area contributed by atoms with Crippen LogP contribution in [-0.4, -0.2) is 18.4 Å². The molecule has 1 N–H and O–H groups in total. The molecule has 0 bridgehead atoms. The smallest absolute Gasteiger partial charge is 0.238 e. The molecule has 18 heavy (non-hydrogen) atoms. The van der Waals surface area contributed by atoms with Crippen LogP contribution in [0.25, 0.3) is 0 Å². The molecule has 0 radical (unpaired) electrons. The predicted molar refractivity (Wildman–Crippen MR) is 66.0 cm³/mol. The molecule has 0 aliphatic carbocycles. The fraction of sp³-hybridized carbons (Fsp3) is 0.333. The van der Waals surface area contributed by atoms with Crippen LogP contribution >= 0.6 is 23.2 Å². The van der Waals surface area contributed by atoms with Gasteiger partial charge in [0, 0.05) is 24.5 Å². The number of rotatable bonds is 0. The molecule has 94 valence electrons. The van der Waals surface area contributed by atoms with Crippen molar-refractivity contribution >= 4 is 35.0 Å². The zero-order valence-corrected chi connectivity index (χ0v) is 10.8. The predicted octanol–water partition coefficient (Wildman–Crippen LogP) is 2.06. The highest BCUT2D eigenvalue weighted by Gasteiger charge is 2.51. The number of amides is 2. The van der Waals surface area contributed by atoms with Crippen molar-refractivity contribution < 1.29 is 14.3 Å². The molecule has 2 aliphatic rings. The third-order valence-electron chi connectivity index (χ3n) is 3.47.